The first-order valence-electron chi connectivity index (χ1n) is 16.1. The number of carboxylic acid groups (broad SMARTS) is 1. The van der Waals surface area contributed by atoms with E-state index < -0.39 is 47.3 Å². The number of esters is 3. The Balaban J connectivity index is 1.65. The SMILES string of the molecule is CC(C)C(=O)c1ccc(OCCOC(=O)c2cc(C(=O)OCCOc3ccc(C(=O)C(C)(C)O)cc3)cc(C(=O)OCC(C)(C)C(=O)O)c2)cc1. The minimum atomic E-state index is -1.53. The molecule has 13 nitrogen and oxygen atoms in total. The van der Waals surface area contributed by atoms with Gasteiger partial charge in [-0.15, -0.1) is 0 Å². The molecule has 0 aliphatic carbocycles. The molecule has 0 bridgehead atoms. The molecule has 3 aromatic carbocycles. The Morgan fingerprint density at radius 1 is 0.588 bits per heavy atom. The number of ether oxygens (including phenoxy) is 5. The van der Waals surface area contributed by atoms with Gasteiger partial charge in [0.25, 0.3) is 0 Å². The van der Waals surface area contributed by atoms with E-state index in [1.54, 1.807) is 38.1 Å². The molecular weight excluding hydrogens is 664 g/mol. The summed E-state index contributed by atoms with van der Waals surface area (Å²) in [6.45, 7) is 8.08. The third-order valence-corrected chi connectivity index (χ3v) is 7.29. The maximum atomic E-state index is 13.0. The van der Waals surface area contributed by atoms with Crippen molar-refractivity contribution in [2.45, 2.75) is 47.1 Å². The minimum absolute atomic E-state index is 0.00570. The van der Waals surface area contributed by atoms with Crippen LogP contribution in [0.1, 0.15) is 93.3 Å². The maximum absolute atomic E-state index is 13.0. The second kappa shape index (κ2) is 17.4. The molecule has 0 spiro atoms. The predicted octanol–water partition coefficient (Wildman–Crippen LogP) is 5.22. The lowest BCUT2D eigenvalue weighted by molar-refractivity contribution is -0.149. The van der Waals surface area contributed by atoms with Crippen LogP contribution in [0, 0.1) is 11.3 Å². The quantitative estimate of drug-likeness (QED) is 0.0759. The number of rotatable bonds is 18. The molecule has 0 fully saturated rings. The largest absolute Gasteiger partial charge is 0.490 e. The summed E-state index contributed by atoms with van der Waals surface area (Å²) in [7, 11) is 0. The highest BCUT2D eigenvalue weighted by atomic mass is 16.6. The van der Waals surface area contributed by atoms with E-state index in [0.29, 0.717) is 22.6 Å². The summed E-state index contributed by atoms with van der Waals surface area (Å²) in [5.41, 5.74) is -2.68. The third kappa shape index (κ3) is 11.8. The van der Waals surface area contributed by atoms with Crippen molar-refractivity contribution in [3.05, 3.63) is 94.5 Å². The van der Waals surface area contributed by atoms with E-state index in [2.05, 4.69) is 0 Å². The van der Waals surface area contributed by atoms with Crippen molar-refractivity contribution in [1.82, 2.24) is 0 Å². The van der Waals surface area contributed by atoms with Crippen molar-refractivity contribution in [3.63, 3.8) is 0 Å². The molecule has 0 heterocycles. The lowest BCUT2D eigenvalue weighted by atomic mass is 9.95. The zero-order valence-corrected chi connectivity index (χ0v) is 29.3. The van der Waals surface area contributed by atoms with Crippen molar-refractivity contribution >= 4 is 35.4 Å². The molecule has 0 saturated carbocycles. The summed E-state index contributed by atoms with van der Waals surface area (Å²) in [6, 6.07) is 16.0. The Hall–Kier alpha value is -5.56. The fourth-order valence-corrected chi connectivity index (χ4v) is 4.23. The van der Waals surface area contributed by atoms with Gasteiger partial charge in [-0.05, 0) is 94.4 Å². The Labute approximate surface area is 295 Å². The van der Waals surface area contributed by atoms with Crippen molar-refractivity contribution < 1.29 is 62.7 Å². The molecule has 272 valence electrons. The molecule has 0 aliphatic heterocycles. The molecule has 0 unspecified atom stereocenters. The van der Waals surface area contributed by atoms with Crippen LogP contribution in [0.3, 0.4) is 0 Å². The van der Waals surface area contributed by atoms with Gasteiger partial charge in [-0.25, -0.2) is 14.4 Å². The van der Waals surface area contributed by atoms with Crippen LogP contribution in [0.15, 0.2) is 66.7 Å². The van der Waals surface area contributed by atoms with Gasteiger partial charge in [-0.2, -0.15) is 0 Å². The minimum Gasteiger partial charge on any atom is -0.490 e. The number of carbonyl (C=O) groups is 6. The summed E-state index contributed by atoms with van der Waals surface area (Å²) < 4.78 is 26.9. The average Bonchev–Trinajstić information content (AvgIpc) is 3.09. The number of Topliss-reactive ketones (excluding diaryl/α,β-unsaturated/α-hetero) is 2. The number of ketones is 2. The zero-order valence-electron chi connectivity index (χ0n) is 29.3. The lowest BCUT2D eigenvalue weighted by Gasteiger charge is -2.18. The molecule has 0 amide bonds. The van der Waals surface area contributed by atoms with Crippen LogP contribution in [-0.2, 0) is 19.0 Å². The average molecular weight is 707 g/mol. The summed E-state index contributed by atoms with van der Waals surface area (Å²) in [5.74, 6) is -3.76. The highest BCUT2D eigenvalue weighted by Crippen LogP contribution is 2.20. The number of hydrogen-bond acceptors (Lipinski definition) is 12. The van der Waals surface area contributed by atoms with Gasteiger partial charge >= 0.3 is 23.9 Å². The molecule has 51 heavy (non-hydrogen) atoms. The van der Waals surface area contributed by atoms with Gasteiger partial charge in [0.2, 0.25) is 0 Å². The molecule has 2 N–H and O–H groups in total. The molecule has 3 rings (SSSR count). The number of benzene rings is 3. The Bertz CT molecular complexity index is 1730. The van der Waals surface area contributed by atoms with E-state index >= 15 is 0 Å². The number of carboxylic acids is 1. The van der Waals surface area contributed by atoms with Crippen molar-refractivity contribution in [2.24, 2.45) is 11.3 Å². The smallest absolute Gasteiger partial charge is 0.338 e. The van der Waals surface area contributed by atoms with Crippen molar-refractivity contribution in [3.8, 4) is 11.5 Å². The summed E-state index contributed by atoms with van der Waals surface area (Å²) >= 11 is 0. The highest BCUT2D eigenvalue weighted by molar-refractivity contribution is 6.02. The van der Waals surface area contributed by atoms with E-state index in [-0.39, 0.29) is 54.8 Å². The number of aliphatic hydroxyl groups is 1. The molecule has 0 aliphatic rings. The van der Waals surface area contributed by atoms with Crippen molar-refractivity contribution in [2.75, 3.05) is 33.0 Å². The van der Waals surface area contributed by atoms with Crippen LogP contribution >= 0.6 is 0 Å². The van der Waals surface area contributed by atoms with E-state index in [4.69, 9.17) is 23.7 Å². The number of aliphatic carboxylic acids is 1. The fraction of sp³-hybridized carbons (Fsp3) is 0.368. The van der Waals surface area contributed by atoms with Gasteiger partial charge in [0.1, 0.15) is 50.1 Å². The molecule has 0 aromatic heterocycles. The molecule has 0 saturated heterocycles. The van der Waals surface area contributed by atoms with Crippen LogP contribution in [0.4, 0.5) is 0 Å². The standard InChI is InChI=1S/C38H42O13/c1-23(2)31(39)24-7-11-29(12-8-24)47-15-17-49-33(41)26-19-27(21-28(20-26)35(43)51-22-37(3,4)36(44)45)34(42)50-18-16-48-30-13-9-25(10-14-30)32(40)38(5,6)46/h7-14,19-21,23,46H,15-18,22H2,1-6H3,(H,44,45). The molecule has 13 heteroatoms. The van der Waals surface area contributed by atoms with Crippen LogP contribution in [0.5, 0.6) is 11.5 Å². The maximum Gasteiger partial charge on any atom is 0.338 e. The Kier molecular flexibility index (Phi) is 13.6. The van der Waals surface area contributed by atoms with Gasteiger partial charge in [0, 0.05) is 17.0 Å². The first-order chi connectivity index (χ1) is 23.9. The highest BCUT2D eigenvalue weighted by Gasteiger charge is 2.30. The normalized spacial score (nSPS) is 11.4. The van der Waals surface area contributed by atoms with Gasteiger partial charge in [-0.3, -0.25) is 14.4 Å². The Morgan fingerprint density at radius 3 is 1.35 bits per heavy atom. The first-order valence-corrected chi connectivity index (χ1v) is 16.1. The summed E-state index contributed by atoms with van der Waals surface area (Å²) in [6.07, 6.45) is 0. The van der Waals surface area contributed by atoms with Crippen LogP contribution < -0.4 is 9.47 Å². The van der Waals surface area contributed by atoms with Gasteiger partial charge < -0.3 is 33.9 Å². The zero-order chi connectivity index (χ0) is 37.9. The predicted molar refractivity (Wildman–Crippen MR) is 182 cm³/mol. The lowest BCUT2D eigenvalue weighted by Crippen LogP contribution is -2.30. The van der Waals surface area contributed by atoms with E-state index in [1.807, 2.05) is 0 Å². The number of hydrogen-bond donors (Lipinski definition) is 2. The van der Waals surface area contributed by atoms with Crippen LogP contribution in [0.2, 0.25) is 0 Å². The molecular formula is C38H42O13. The van der Waals surface area contributed by atoms with E-state index in [1.165, 1.54) is 58.0 Å². The summed E-state index contributed by atoms with van der Waals surface area (Å²) in [5, 5.41) is 19.3. The fourth-order valence-electron chi connectivity index (χ4n) is 4.23. The van der Waals surface area contributed by atoms with Crippen LogP contribution in [-0.4, -0.2) is 84.3 Å². The molecule has 3 aromatic rings. The summed E-state index contributed by atoms with van der Waals surface area (Å²) in [4.78, 5) is 74.7. The second-order valence-corrected chi connectivity index (χ2v) is 13.0. The van der Waals surface area contributed by atoms with E-state index in [9.17, 15) is 39.0 Å². The second-order valence-electron chi connectivity index (χ2n) is 13.0. The van der Waals surface area contributed by atoms with Crippen LogP contribution in [0.25, 0.3) is 0 Å². The third-order valence-electron chi connectivity index (χ3n) is 7.29. The number of carbonyl (C=O) groups excluding carboxylic acids is 5. The van der Waals surface area contributed by atoms with Crippen molar-refractivity contribution in [1.29, 1.82) is 0 Å². The van der Waals surface area contributed by atoms with Gasteiger partial charge in [0.05, 0.1) is 22.1 Å². The van der Waals surface area contributed by atoms with E-state index in [0.717, 1.165) is 12.1 Å². The van der Waals surface area contributed by atoms with Gasteiger partial charge in [0.15, 0.2) is 11.6 Å². The molecule has 0 atom stereocenters. The monoisotopic (exact) mass is 706 g/mol. The first kappa shape index (κ1) is 39.9. The Morgan fingerprint density at radius 2 is 0.980 bits per heavy atom. The van der Waals surface area contributed by atoms with Gasteiger partial charge in [-0.1, -0.05) is 13.8 Å². The topological polar surface area (TPSA) is 189 Å². The molecule has 0 radical (unpaired) electrons.